The molecule has 0 aliphatic carbocycles. The topological polar surface area (TPSA) is 39.1 Å². The second kappa shape index (κ2) is 6.48. The van der Waals surface area contributed by atoms with E-state index in [0.29, 0.717) is 24.9 Å². The number of rotatable bonds is 5. The van der Waals surface area contributed by atoms with Crippen LogP contribution in [-0.4, -0.2) is 10.4 Å². The summed E-state index contributed by atoms with van der Waals surface area (Å²) >= 11 is 3.34. The molecule has 0 fully saturated rings. The molecule has 0 aliphatic rings. The van der Waals surface area contributed by atoms with Crippen LogP contribution in [0.5, 0.6) is 0 Å². The van der Waals surface area contributed by atoms with Crippen molar-refractivity contribution in [2.24, 2.45) is 0 Å². The molecule has 0 amide bonds. The Morgan fingerprint density at radius 3 is 2.53 bits per heavy atom. The monoisotopic (exact) mass is 319 g/mol. The molecule has 0 N–H and O–H groups in total. The molecule has 0 unspecified atom stereocenters. The molecule has 2 rings (SSSR count). The lowest BCUT2D eigenvalue weighted by Gasteiger charge is -2.04. The number of aromatic nitrogens is 1. The first-order valence-electron chi connectivity index (χ1n) is 6.11. The van der Waals surface area contributed by atoms with Crippen LogP contribution in [-0.2, 0) is 6.54 Å². The third-order valence-corrected chi connectivity index (χ3v) is 3.40. The minimum Gasteiger partial charge on any atom is -0.316 e. The highest BCUT2D eigenvalue weighted by atomic mass is 79.9. The molecule has 3 nitrogen and oxygen atoms in total. The maximum Gasteiger partial charge on any atom is 0.250 e. The second-order valence-corrected chi connectivity index (χ2v) is 5.18. The number of hydrogen-bond acceptors (Lipinski definition) is 2. The van der Waals surface area contributed by atoms with Crippen molar-refractivity contribution in [3.63, 3.8) is 0 Å². The van der Waals surface area contributed by atoms with Crippen molar-refractivity contribution in [1.29, 1.82) is 0 Å². The van der Waals surface area contributed by atoms with E-state index in [1.165, 1.54) is 6.07 Å². The maximum atomic E-state index is 11.9. The number of aryl methyl sites for hydroxylation is 1. The van der Waals surface area contributed by atoms with Crippen molar-refractivity contribution in [3.05, 3.63) is 69.1 Å². The molecule has 0 atom stereocenters. The van der Waals surface area contributed by atoms with Gasteiger partial charge in [0.1, 0.15) is 0 Å². The second-order valence-electron chi connectivity index (χ2n) is 4.27. The Kier molecular flexibility index (Phi) is 4.68. The average molecular weight is 320 g/mol. The third-order valence-electron chi connectivity index (χ3n) is 2.87. The van der Waals surface area contributed by atoms with Crippen molar-refractivity contribution >= 4 is 21.7 Å². The smallest absolute Gasteiger partial charge is 0.250 e. The number of nitrogens with zero attached hydrogens (tertiary/aromatic N) is 1. The van der Waals surface area contributed by atoms with E-state index < -0.39 is 0 Å². The number of ketones is 1. The first kappa shape index (κ1) is 13.7. The number of carbonyl (C=O) groups is 1. The van der Waals surface area contributed by atoms with E-state index in [9.17, 15) is 9.59 Å². The predicted octanol–water partition coefficient (Wildman–Crippen LogP) is 3.27. The molecule has 2 aromatic rings. The van der Waals surface area contributed by atoms with Gasteiger partial charge in [-0.2, -0.15) is 0 Å². The molecule has 98 valence electrons. The number of halogens is 1. The van der Waals surface area contributed by atoms with Gasteiger partial charge in [0.25, 0.3) is 0 Å². The van der Waals surface area contributed by atoms with E-state index in [4.69, 9.17) is 0 Å². The van der Waals surface area contributed by atoms with Gasteiger partial charge in [0.05, 0.1) is 0 Å². The van der Waals surface area contributed by atoms with Crippen LogP contribution in [0.3, 0.4) is 0 Å². The number of benzene rings is 1. The summed E-state index contributed by atoms with van der Waals surface area (Å²) in [7, 11) is 0. The summed E-state index contributed by atoms with van der Waals surface area (Å²) in [4.78, 5) is 23.4. The van der Waals surface area contributed by atoms with Crippen molar-refractivity contribution in [2.45, 2.75) is 19.4 Å². The quantitative estimate of drug-likeness (QED) is 0.793. The highest BCUT2D eigenvalue weighted by Crippen LogP contribution is 2.12. The molecule has 19 heavy (non-hydrogen) atoms. The average Bonchev–Trinajstić information content (AvgIpc) is 2.41. The van der Waals surface area contributed by atoms with Crippen LogP contribution in [0.2, 0.25) is 0 Å². The summed E-state index contributed by atoms with van der Waals surface area (Å²) in [6.45, 7) is 0.571. The van der Waals surface area contributed by atoms with Gasteiger partial charge in [0, 0.05) is 35.3 Å². The fraction of sp³-hybridized carbons (Fsp3) is 0.200. The molecule has 0 spiro atoms. The zero-order valence-electron chi connectivity index (χ0n) is 10.4. The fourth-order valence-electron chi connectivity index (χ4n) is 1.84. The maximum absolute atomic E-state index is 11.9. The van der Waals surface area contributed by atoms with Gasteiger partial charge >= 0.3 is 0 Å². The molecular weight excluding hydrogens is 306 g/mol. The Morgan fingerprint density at radius 1 is 1.11 bits per heavy atom. The fourth-order valence-corrected chi connectivity index (χ4v) is 2.10. The Bertz CT molecular complexity index is 617. The normalized spacial score (nSPS) is 10.4. The van der Waals surface area contributed by atoms with Crippen molar-refractivity contribution < 1.29 is 4.79 Å². The Labute approximate surface area is 120 Å². The van der Waals surface area contributed by atoms with Gasteiger partial charge in [0.2, 0.25) is 5.56 Å². The van der Waals surface area contributed by atoms with Crippen LogP contribution in [0.4, 0.5) is 0 Å². The Balaban J connectivity index is 1.89. The van der Waals surface area contributed by atoms with E-state index in [1.807, 2.05) is 18.2 Å². The van der Waals surface area contributed by atoms with Gasteiger partial charge in [-0.05, 0) is 24.6 Å². The Hall–Kier alpha value is -1.68. The first-order valence-corrected chi connectivity index (χ1v) is 6.90. The third kappa shape index (κ3) is 3.89. The van der Waals surface area contributed by atoms with Crippen LogP contribution in [0.1, 0.15) is 23.2 Å². The van der Waals surface area contributed by atoms with Crippen molar-refractivity contribution in [2.75, 3.05) is 0 Å². The van der Waals surface area contributed by atoms with E-state index in [1.54, 1.807) is 29.0 Å². The molecule has 0 saturated heterocycles. The van der Waals surface area contributed by atoms with Gasteiger partial charge in [0.15, 0.2) is 5.78 Å². The molecule has 4 heteroatoms. The van der Waals surface area contributed by atoms with Crippen LogP contribution in [0.15, 0.2) is 57.9 Å². The summed E-state index contributed by atoms with van der Waals surface area (Å²) in [5.74, 6) is 0.108. The predicted molar refractivity (Wildman–Crippen MR) is 78.4 cm³/mol. The highest BCUT2D eigenvalue weighted by molar-refractivity contribution is 9.10. The Morgan fingerprint density at radius 2 is 1.84 bits per heavy atom. The molecule has 0 saturated carbocycles. The SMILES string of the molecule is O=C(CCCn1ccccc1=O)c1ccc(Br)cc1. The van der Waals surface area contributed by atoms with E-state index in [0.717, 1.165) is 4.47 Å². The molecule has 0 radical (unpaired) electrons. The van der Waals surface area contributed by atoms with Crippen LogP contribution >= 0.6 is 15.9 Å². The lowest BCUT2D eigenvalue weighted by Crippen LogP contribution is -2.18. The number of pyridine rings is 1. The summed E-state index contributed by atoms with van der Waals surface area (Å²) in [5, 5.41) is 0. The van der Waals surface area contributed by atoms with Crippen molar-refractivity contribution in [3.8, 4) is 0 Å². The molecule has 1 aromatic carbocycles. The van der Waals surface area contributed by atoms with Gasteiger partial charge < -0.3 is 4.57 Å². The van der Waals surface area contributed by atoms with Crippen LogP contribution in [0.25, 0.3) is 0 Å². The van der Waals surface area contributed by atoms with E-state index in [-0.39, 0.29) is 11.3 Å². The van der Waals surface area contributed by atoms with Crippen molar-refractivity contribution in [1.82, 2.24) is 4.57 Å². The zero-order valence-corrected chi connectivity index (χ0v) is 12.0. The molecular formula is C15H14BrNO2. The largest absolute Gasteiger partial charge is 0.316 e. The van der Waals surface area contributed by atoms with Crippen LogP contribution < -0.4 is 5.56 Å². The number of carbonyl (C=O) groups excluding carboxylic acids is 1. The molecule has 0 aliphatic heterocycles. The lowest BCUT2D eigenvalue weighted by molar-refractivity contribution is 0.0978. The molecule has 0 bridgehead atoms. The molecule has 1 aromatic heterocycles. The minimum atomic E-state index is -0.0291. The standard InChI is InChI=1S/C15H14BrNO2/c16-13-8-6-12(7-9-13)14(18)4-3-11-17-10-2-1-5-15(17)19/h1-2,5-10H,3-4,11H2. The summed E-state index contributed by atoms with van der Waals surface area (Å²) < 4.78 is 2.58. The first-order chi connectivity index (χ1) is 9.16. The number of hydrogen-bond donors (Lipinski definition) is 0. The number of Topliss-reactive ketones (excluding diaryl/α,β-unsaturated/α-hetero) is 1. The van der Waals surface area contributed by atoms with Gasteiger partial charge in [-0.1, -0.05) is 34.1 Å². The summed E-state index contributed by atoms with van der Waals surface area (Å²) in [6, 6.07) is 12.4. The highest BCUT2D eigenvalue weighted by Gasteiger charge is 2.05. The lowest BCUT2D eigenvalue weighted by atomic mass is 10.1. The summed E-state index contributed by atoms with van der Waals surface area (Å²) in [6.07, 6.45) is 2.86. The summed E-state index contributed by atoms with van der Waals surface area (Å²) in [5.41, 5.74) is 0.683. The van der Waals surface area contributed by atoms with E-state index in [2.05, 4.69) is 15.9 Å². The molecule has 1 heterocycles. The zero-order chi connectivity index (χ0) is 13.7. The van der Waals surface area contributed by atoms with Gasteiger partial charge in [-0.25, -0.2) is 0 Å². The van der Waals surface area contributed by atoms with E-state index >= 15 is 0 Å². The minimum absolute atomic E-state index is 0.0291. The van der Waals surface area contributed by atoms with Crippen LogP contribution in [0, 0.1) is 0 Å². The van der Waals surface area contributed by atoms with Gasteiger partial charge in [-0.3, -0.25) is 9.59 Å². The van der Waals surface area contributed by atoms with Gasteiger partial charge in [-0.15, -0.1) is 0 Å².